The van der Waals surface area contributed by atoms with E-state index in [2.05, 4.69) is 34.2 Å². The SMILES string of the molecule is C=C(OCC(=O)NCC(O)CN1CCc2ccccc2C1)/C(=C\C=C/C)NC(C)=O. The fourth-order valence-electron chi connectivity index (χ4n) is 3.17. The Morgan fingerprint density at radius 2 is 2.07 bits per heavy atom. The van der Waals surface area contributed by atoms with Gasteiger partial charge in [0.25, 0.3) is 5.91 Å². The number of ether oxygens (including phenoxy) is 1. The lowest BCUT2D eigenvalue weighted by Crippen LogP contribution is -2.42. The highest BCUT2D eigenvalue weighted by molar-refractivity contribution is 5.78. The van der Waals surface area contributed by atoms with E-state index in [1.807, 2.05) is 19.1 Å². The van der Waals surface area contributed by atoms with E-state index >= 15 is 0 Å². The van der Waals surface area contributed by atoms with Gasteiger partial charge in [0.1, 0.15) is 5.76 Å². The van der Waals surface area contributed by atoms with Crippen LogP contribution in [0.2, 0.25) is 0 Å². The summed E-state index contributed by atoms with van der Waals surface area (Å²) in [6.45, 7) is 9.03. The van der Waals surface area contributed by atoms with Crippen LogP contribution >= 0.6 is 0 Å². The van der Waals surface area contributed by atoms with Gasteiger partial charge in [0, 0.05) is 33.1 Å². The van der Waals surface area contributed by atoms with Gasteiger partial charge in [-0.2, -0.15) is 0 Å². The van der Waals surface area contributed by atoms with Gasteiger partial charge >= 0.3 is 0 Å². The maximum atomic E-state index is 12.0. The first-order valence-electron chi connectivity index (χ1n) is 10.1. The number of allylic oxidation sites excluding steroid dienone is 3. The highest BCUT2D eigenvalue weighted by Gasteiger charge is 2.19. The number of rotatable bonds is 10. The molecule has 1 aliphatic heterocycles. The first-order valence-corrected chi connectivity index (χ1v) is 10.1. The molecule has 1 unspecified atom stereocenters. The van der Waals surface area contributed by atoms with E-state index in [9.17, 15) is 14.7 Å². The second-order valence-electron chi connectivity index (χ2n) is 7.21. The topological polar surface area (TPSA) is 90.9 Å². The molecule has 2 amide bonds. The molecule has 30 heavy (non-hydrogen) atoms. The average Bonchev–Trinajstić information content (AvgIpc) is 2.73. The minimum absolute atomic E-state index is 0.139. The lowest BCUT2D eigenvalue weighted by atomic mass is 10.00. The van der Waals surface area contributed by atoms with E-state index in [1.54, 1.807) is 18.2 Å². The number of fused-ring (bicyclic) bond motifs is 1. The molecule has 0 bridgehead atoms. The second kappa shape index (κ2) is 11.9. The molecule has 162 valence electrons. The molecular formula is C23H31N3O4. The van der Waals surface area contributed by atoms with E-state index in [0.717, 1.165) is 19.5 Å². The fraction of sp³-hybridized carbons (Fsp3) is 0.391. The Labute approximate surface area is 178 Å². The largest absolute Gasteiger partial charge is 0.482 e. The van der Waals surface area contributed by atoms with Crippen LogP contribution in [0.1, 0.15) is 25.0 Å². The number of nitrogens with one attached hydrogen (secondary N) is 2. The van der Waals surface area contributed by atoms with Crippen molar-refractivity contribution in [2.45, 2.75) is 32.9 Å². The molecule has 0 fully saturated rings. The Balaban J connectivity index is 1.72. The number of hydrogen-bond donors (Lipinski definition) is 3. The van der Waals surface area contributed by atoms with Crippen molar-refractivity contribution >= 4 is 11.8 Å². The van der Waals surface area contributed by atoms with Crippen LogP contribution in [-0.4, -0.2) is 54.2 Å². The first-order chi connectivity index (χ1) is 14.4. The summed E-state index contributed by atoms with van der Waals surface area (Å²) in [6.07, 6.45) is 5.45. The molecule has 2 rings (SSSR count). The fourth-order valence-corrected chi connectivity index (χ4v) is 3.17. The third kappa shape index (κ3) is 7.85. The van der Waals surface area contributed by atoms with E-state index < -0.39 is 6.10 Å². The Morgan fingerprint density at radius 3 is 2.77 bits per heavy atom. The number of amides is 2. The van der Waals surface area contributed by atoms with E-state index in [0.29, 0.717) is 12.2 Å². The van der Waals surface area contributed by atoms with Crippen LogP contribution in [0.3, 0.4) is 0 Å². The van der Waals surface area contributed by atoms with Crippen LogP contribution in [-0.2, 0) is 27.3 Å². The molecule has 1 atom stereocenters. The highest BCUT2D eigenvalue weighted by atomic mass is 16.5. The van der Waals surface area contributed by atoms with Gasteiger partial charge in [-0.1, -0.05) is 43.0 Å². The van der Waals surface area contributed by atoms with Crippen molar-refractivity contribution in [1.29, 1.82) is 0 Å². The van der Waals surface area contributed by atoms with Crippen LogP contribution < -0.4 is 10.6 Å². The minimum Gasteiger partial charge on any atom is -0.482 e. The molecule has 0 radical (unpaired) electrons. The summed E-state index contributed by atoms with van der Waals surface area (Å²) in [5, 5.41) is 15.6. The number of carbonyl (C=O) groups excluding carboxylic acids is 2. The third-order valence-corrected chi connectivity index (χ3v) is 4.66. The summed E-state index contributed by atoms with van der Waals surface area (Å²) in [7, 11) is 0. The van der Waals surface area contributed by atoms with Crippen LogP contribution in [0.4, 0.5) is 0 Å². The quantitative estimate of drug-likeness (QED) is 0.401. The first kappa shape index (κ1) is 23.4. The van der Waals surface area contributed by atoms with E-state index in [4.69, 9.17) is 4.74 Å². The summed E-state index contributed by atoms with van der Waals surface area (Å²) < 4.78 is 5.37. The molecule has 1 heterocycles. The highest BCUT2D eigenvalue weighted by Crippen LogP contribution is 2.18. The van der Waals surface area contributed by atoms with Gasteiger partial charge in [0.05, 0.1) is 11.8 Å². The number of nitrogens with zero attached hydrogens (tertiary/aromatic N) is 1. The lowest BCUT2D eigenvalue weighted by molar-refractivity contribution is -0.124. The van der Waals surface area contributed by atoms with Crippen LogP contribution in [0.5, 0.6) is 0 Å². The molecular weight excluding hydrogens is 382 g/mol. The van der Waals surface area contributed by atoms with Crippen molar-refractivity contribution in [3.63, 3.8) is 0 Å². The maximum Gasteiger partial charge on any atom is 0.258 e. The monoisotopic (exact) mass is 413 g/mol. The summed E-state index contributed by atoms with van der Waals surface area (Å²) >= 11 is 0. The van der Waals surface area contributed by atoms with Gasteiger partial charge in [-0.15, -0.1) is 0 Å². The van der Waals surface area contributed by atoms with Crippen molar-refractivity contribution in [3.05, 3.63) is 71.7 Å². The van der Waals surface area contributed by atoms with Gasteiger partial charge in [-0.25, -0.2) is 0 Å². The van der Waals surface area contributed by atoms with Gasteiger partial charge in [-0.3, -0.25) is 14.5 Å². The summed E-state index contributed by atoms with van der Waals surface area (Å²) in [6, 6.07) is 8.32. The molecule has 7 heteroatoms. The minimum atomic E-state index is -0.674. The zero-order chi connectivity index (χ0) is 21.9. The molecule has 0 spiro atoms. The zero-order valence-corrected chi connectivity index (χ0v) is 17.7. The summed E-state index contributed by atoms with van der Waals surface area (Å²) in [5.74, 6) is -0.443. The van der Waals surface area contributed by atoms with Gasteiger partial charge in [-0.05, 0) is 30.5 Å². The van der Waals surface area contributed by atoms with Gasteiger partial charge < -0.3 is 20.5 Å². The molecule has 3 N–H and O–H groups in total. The molecule has 7 nitrogen and oxygen atoms in total. The number of β-amino-alcohol motifs (C(OH)–C–C–N with tert-alkyl or cyclic N) is 1. The Hall–Kier alpha value is -2.90. The standard InChI is InChI=1S/C23H31N3O4/c1-4-5-10-22(25-18(3)27)17(2)30-16-23(29)24-13-21(28)15-26-12-11-19-8-6-7-9-20(19)14-26/h4-10,21,28H,2,11-16H2,1,3H3,(H,24,29)(H,25,27)/b5-4-,22-10+. The molecule has 0 saturated carbocycles. The molecule has 0 aromatic heterocycles. The average molecular weight is 414 g/mol. The van der Waals surface area contributed by atoms with Crippen molar-refractivity contribution in [2.24, 2.45) is 0 Å². The summed E-state index contributed by atoms with van der Waals surface area (Å²) in [4.78, 5) is 25.5. The van der Waals surface area contributed by atoms with Crippen molar-refractivity contribution < 1.29 is 19.4 Å². The second-order valence-corrected chi connectivity index (χ2v) is 7.21. The van der Waals surface area contributed by atoms with Crippen LogP contribution in [0.15, 0.2) is 60.5 Å². The smallest absolute Gasteiger partial charge is 0.258 e. The van der Waals surface area contributed by atoms with Crippen LogP contribution in [0.25, 0.3) is 0 Å². The predicted molar refractivity (Wildman–Crippen MR) is 116 cm³/mol. The Kier molecular flexibility index (Phi) is 9.31. The van der Waals surface area contributed by atoms with Crippen LogP contribution in [0, 0.1) is 0 Å². The van der Waals surface area contributed by atoms with E-state index in [-0.39, 0.29) is 30.7 Å². The Bertz CT molecular complexity index is 816. The normalized spacial score (nSPS) is 15.4. The van der Waals surface area contributed by atoms with Crippen molar-refractivity contribution in [3.8, 4) is 0 Å². The molecule has 0 aliphatic carbocycles. The van der Waals surface area contributed by atoms with E-state index in [1.165, 1.54) is 18.1 Å². The number of benzene rings is 1. The molecule has 0 saturated heterocycles. The van der Waals surface area contributed by atoms with Crippen molar-refractivity contribution in [2.75, 3.05) is 26.2 Å². The number of aliphatic hydroxyl groups excluding tert-OH is 1. The van der Waals surface area contributed by atoms with Crippen molar-refractivity contribution in [1.82, 2.24) is 15.5 Å². The zero-order valence-electron chi connectivity index (χ0n) is 17.7. The van der Waals surface area contributed by atoms with Gasteiger partial charge in [0.15, 0.2) is 6.61 Å². The lowest BCUT2D eigenvalue weighted by Gasteiger charge is -2.30. The Morgan fingerprint density at radius 1 is 1.33 bits per heavy atom. The number of hydrogen-bond acceptors (Lipinski definition) is 5. The molecule has 1 aromatic rings. The molecule has 1 aromatic carbocycles. The number of carbonyl (C=O) groups is 2. The predicted octanol–water partition coefficient (Wildman–Crippen LogP) is 1.65. The summed E-state index contributed by atoms with van der Waals surface area (Å²) in [5.41, 5.74) is 3.03. The van der Waals surface area contributed by atoms with Gasteiger partial charge in [0.2, 0.25) is 5.91 Å². The molecule has 1 aliphatic rings. The maximum absolute atomic E-state index is 12.0. The number of aliphatic hydroxyl groups is 1. The third-order valence-electron chi connectivity index (χ3n) is 4.66.